The number of amides is 1. The van der Waals surface area contributed by atoms with Crippen LogP contribution in [0.25, 0.3) is 0 Å². The number of nitrogens with one attached hydrogen (secondary N) is 1. The quantitative estimate of drug-likeness (QED) is 0.650. The fourth-order valence-electron chi connectivity index (χ4n) is 3.10. The summed E-state index contributed by atoms with van der Waals surface area (Å²) >= 11 is 4.61. The minimum absolute atomic E-state index is 0.0932. The van der Waals surface area contributed by atoms with E-state index in [4.69, 9.17) is 9.39 Å². The average Bonchev–Trinajstić information content (AvgIpc) is 2.77. The fourth-order valence-corrected chi connectivity index (χ4v) is 3.15. The summed E-state index contributed by atoms with van der Waals surface area (Å²) in [5.41, 5.74) is 2.08. The first-order valence-electron chi connectivity index (χ1n) is 8.43. The molecule has 1 radical (unpaired) electrons. The van der Waals surface area contributed by atoms with Crippen molar-refractivity contribution in [1.82, 2.24) is 0 Å². The Morgan fingerprint density at radius 3 is 2.54 bits per heavy atom. The van der Waals surface area contributed by atoms with Gasteiger partial charge >= 0.3 is 7.48 Å². The number of anilines is 1. The van der Waals surface area contributed by atoms with Crippen LogP contribution in [0.15, 0.2) is 18.2 Å². The first-order chi connectivity index (χ1) is 11.2. The summed E-state index contributed by atoms with van der Waals surface area (Å²) in [5.74, 6) is 0.0932. The van der Waals surface area contributed by atoms with Crippen molar-refractivity contribution in [1.29, 1.82) is 0 Å². The van der Waals surface area contributed by atoms with Gasteiger partial charge in [-0.1, -0.05) is 17.6 Å². The molecule has 0 unspecified atom stereocenters. The van der Waals surface area contributed by atoms with E-state index in [2.05, 4.69) is 17.9 Å². The molecule has 0 saturated carbocycles. The highest BCUT2D eigenvalue weighted by Crippen LogP contribution is 2.44. The van der Waals surface area contributed by atoms with Crippen LogP contribution in [0, 0.1) is 0 Å². The van der Waals surface area contributed by atoms with Crippen LogP contribution in [0.3, 0.4) is 0 Å². The average molecular weight is 346 g/mol. The molecule has 1 aromatic carbocycles. The van der Waals surface area contributed by atoms with Crippen molar-refractivity contribution in [3.05, 3.63) is 23.8 Å². The molecular weight excluding hydrogens is 321 g/mol. The molecule has 24 heavy (non-hydrogen) atoms. The number of rotatable bonds is 4. The van der Waals surface area contributed by atoms with Crippen LogP contribution >= 0.6 is 12.6 Å². The van der Waals surface area contributed by atoms with Gasteiger partial charge in [-0.05, 0) is 52.2 Å². The molecule has 1 aromatic rings. The molecule has 1 amide bonds. The lowest BCUT2D eigenvalue weighted by Gasteiger charge is -2.38. The molecule has 2 aliphatic rings. The number of carbonyl (C=O) groups is 1. The first kappa shape index (κ1) is 17.8. The van der Waals surface area contributed by atoms with Crippen LogP contribution in [-0.4, -0.2) is 37.0 Å². The molecule has 1 saturated heterocycles. The monoisotopic (exact) mass is 346 g/mol. The second kappa shape index (κ2) is 6.08. The van der Waals surface area contributed by atoms with Gasteiger partial charge < -0.3 is 14.7 Å². The van der Waals surface area contributed by atoms with E-state index >= 15 is 0 Å². The van der Waals surface area contributed by atoms with Gasteiger partial charge in [0.2, 0.25) is 5.91 Å². The molecule has 1 spiro atoms. The summed E-state index contributed by atoms with van der Waals surface area (Å²) in [6, 6.07) is 6.05. The van der Waals surface area contributed by atoms with Gasteiger partial charge in [-0.25, -0.2) is 0 Å². The second-order valence-corrected chi connectivity index (χ2v) is 8.88. The molecule has 6 heteroatoms. The van der Waals surface area contributed by atoms with Crippen LogP contribution < -0.4 is 10.8 Å². The zero-order chi connectivity index (χ0) is 17.6. The number of hydrogen-bond donors (Lipinski definition) is 2. The number of carbonyl (C=O) groups excluding carboxylic acids is 1. The number of ether oxygens (including phenoxy) is 1. The van der Waals surface area contributed by atoms with Crippen LogP contribution in [0.2, 0.25) is 0 Å². The van der Waals surface area contributed by atoms with Gasteiger partial charge in [-0.2, -0.15) is 12.6 Å². The van der Waals surface area contributed by atoms with E-state index in [0.29, 0.717) is 13.2 Å². The molecule has 2 heterocycles. The Labute approximate surface area is 150 Å². The number of fused-ring (bicyclic) bond motifs is 2. The number of hydrogen-bond acceptors (Lipinski definition) is 4. The molecule has 4 nitrogen and oxygen atoms in total. The molecule has 0 bridgehead atoms. The summed E-state index contributed by atoms with van der Waals surface area (Å²) < 4.78 is 11.1. The SMILES string of the molecule is CC(C)(S)C(C)(C)O[B]c1ccc2c(c1)NC(=O)C21CCOCC1. The molecule has 129 valence electrons. The van der Waals surface area contributed by atoms with Crippen molar-refractivity contribution in [2.45, 2.75) is 56.3 Å². The van der Waals surface area contributed by atoms with E-state index in [-0.39, 0.29) is 10.7 Å². The molecule has 0 aromatic heterocycles. The van der Waals surface area contributed by atoms with Gasteiger partial charge in [-0.3, -0.25) is 4.79 Å². The summed E-state index contributed by atoms with van der Waals surface area (Å²) in [7, 11) is 1.75. The second-order valence-electron chi connectivity index (χ2n) is 7.76. The molecule has 0 atom stereocenters. The Morgan fingerprint density at radius 1 is 1.25 bits per heavy atom. The van der Waals surface area contributed by atoms with Gasteiger partial charge in [0.25, 0.3) is 0 Å². The smallest absolute Gasteiger partial charge is 0.330 e. The van der Waals surface area contributed by atoms with Crippen molar-refractivity contribution < 1.29 is 14.2 Å². The normalized spacial score (nSPS) is 20.0. The topological polar surface area (TPSA) is 47.6 Å². The predicted molar refractivity (Wildman–Crippen MR) is 100 cm³/mol. The van der Waals surface area contributed by atoms with E-state index < -0.39 is 11.0 Å². The van der Waals surface area contributed by atoms with Gasteiger partial charge in [0.05, 0.1) is 11.0 Å². The summed E-state index contributed by atoms with van der Waals surface area (Å²) in [6.07, 6.45) is 1.48. The van der Waals surface area contributed by atoms with E-state index in [0.717, 1.165) is 29.6 Å². The minimum atomic E-state index is -0.417. The van der Waals surface area contributed by atoms with E-state index in [1.165, 1.54) is 0 Å². The van der Waals surface area contributed by atoms with Crippen LogP contribution in [0.4, 0.5) is 5.69 Å². The predicted octanol–water partition coefficient (Wildman–Crippen LogP) is 2.44. The Hall–Kier alpha value is -0.975. The largest absolute Gasteiger partial charge is 0.428 e. The maximum absolute atomic E-state index is 12.5. The van der Waals surface area contributed by atoms with Crippen LogP contribution in [-0.2, 0) is 19.6 Å². The van der Waals surface area contributed by atoms with Gasteiger partial charge in [0, 0.05) is 23.6 Å². The van der Waals surface area contributed by atoms with Gasteiger partial charge in [-0.15, -0.1) is 0 Å². The molecular formula is C18H25BNO3S. The third-order valence-corrected chi connectivity index (χ3v) is 6.09. The zero-order valence-electron chi connectivity index (χ0n) is 14.8. The van der Waals surface area contributed by atoms with Crippen molar-refractivity contribution in [2.24, 2.45) is 0 Å². The minimum Gasteiger partial charge on any atom is -0.428 e. The number of benzene rings is 1. The maximum Gasteiger partial charge on any atom is 0.330 e. The van der Waals surface area contributed by atoms with Crippen molar-refractivity contribution >= 4 is 37.2 Å². The van der Waals surface area contributed by atoms with Gasteiger partial charge in [0.15, 0.2) is 0 Å². The lowest BCUT2D eigenvalue weighted by molar-refractivity contribution is -0.124. The Bertz CT molecular complexity index is 648. The highest BCUT2D eigenvalue weighted by atomic mass is 32.1. The molecule has 1 N–H and O–H groups in total. The fraction of sp³-hybridized carbons (Fsp3) is 0.611. The third-order valence-electron chi connectivity index (χ3n) is 5.55. The highest BCUT2D eigenvalue weighted by molar-refractivity contribution is 7.81. The highest BCUT2D eigenvalue weighted by Gasteiger charge is 2.47. The number of thiol groups is 1. The Morgan fingerprint density at radius 2 is 1.92 bits per heavy atom. The van der Waals surface area contributed by atoms with Gasteiger partial charge in [0.1, 0.15) is 0 Å². The Balaban J connectivity index is 1.79. The van der Waals surface area contributed by atoms with Crippen molar-refractivity contribution in [2.75, 3.05) is 18.5 Å². The summed E-state index contributed by atoms with van der Waals surface area (Å²) in [6.45, 7) is 9.36. The maximum atomic E-state index is 12.5. The Kier molecular flexibility index (Phi) is 4.52. The third kappa shape index (κ3) is 3.00. The standard InChI is InChI=1S/C18H25BNO3S/c1-16(2,17(3,4)24)23-19-12-5-6-13-14(11-12)20-15(21)18(13)7-9-22-10-8-18/h5-6,11,24H,7-10H2,1-4H3,(H,20,21). The van der Waals surface area contributed by atoms with E-state index in [1.807, 2.05) is 45.9 Å². The summed E-state index contributed by atoms with van der Waals surface area (Å²) in [4.78, 5) is 12.5. The molecule has 2 aliphatic heterocycles. The zero-order valence-corrected chi connectivity index (χ0v) is 15.7. The molecule has 1 fully saturated rings. The first-order valence-corrected chi connectivity index (χ1v) is 8.88. The summed E-state index contributed by atoms with van der Waals surface area (Å²) in [5, 5.41) is 3.04. The lowest BCUT2D eigenvalue weighted by Crippen LogP contribution is -2.45. The van der Waals surface area contributed by atoms with Crippen LogP contribution in [0.1, 0.15) is 46.1 Å². The van der Waals surface area contributed by atoms with E-state index in [9.17, 15) is 4.79 Å². The van der Waals surface area contributed by atoms with Crippen LogP contribution in [0.5, 0.6) is 0 Å². The van der Waals surface area contributed by atoms with Crippen molar-refractivity contribution in [3.63, 3.8) is 0 Å². The molecule has 0 aliphatic carbocycles. The lowest BCUT2D eigenvalue weighted by atomic mass is 9.74. The van der Waals surface area contributed by atoms with E-state index in [1.54, 1.807) is 7.48 Å². The molecule has 3 rings (SSSR count). The van der Waals surface area contributed by atoms with Crippen molar-refractivity contribution in [3.8, 4) is 0 Å².